The number of hydrogen-bond acceptors (Lipinski definition) is 3. The molecule has 1 saturated heterocycles. The van der Waals surface area contributed by atoms with Gasteiger partial charge in [-0.15, -0.1) is 0 Å². The lowest BCUT2D eigenvalue weighted by Crippen LogP contribution is -2.48. The minimum absolute atomic E-state index is 0.255. The predicted octanol–water partition coefficient (Wildman–Crippen LogP) is 3.23. The van der Waals surface area contributed by atoms with Crippen LogP contribution in [0.3, 0.4) is 0 Å². The Morgan fingerprint density at radius 1 is 1.27 bits per heavy atom. The fourth-order valence-electron chi connectivity index (χ4n) is 2.42. The molecule has 0 unspecified atom stereocenters. The quantitative estimate of drug-likeness (QED) is 0.632. The lowest BCUT2D eigenvalue weighted by molar-refractivity contribution is 0.246. The molecular formula is C16H16ClN5. The van der Waals surface area contributed by atoms with Gasteiger partial charge in [0.1, 0.15) is 0 Å². The van der Waals surface area contributed by atoms with E-state index in [-0.39, 0.29) is 5.92 Å². The summed E-state index contributed by atoms with van der Waals surface area (Å²) >= 11 is 6.09. The molecule has 0 atom stereocenters. The van der Waals surface area contributed by atoms with Crippen molar-refractivity contribution in [2.24, 2.45) is 9.98 Å². The maximum absolute atomic E-state index is 6.09. The number of hydrogen-bond donors (Lipinski definition) is 0. The monoisotopic (exact) mass is 313 g/mol. The second kappa shape index (κ2) is 6.23. The van der Waals surface area contributed by atoms with Crippen LogP contribution >= 0.6 is 11.6 Å². The zero-order valence-electron chi connectivity index (χ0n) is 12.3. The summed E-state index contributed by atoms with van der Waals surface area (Å²) < 4.78 is 0. The average molecular weight is 314 g/mol. The van der Waals surface area contributed by atoms with Crippen LogP contribution in [0.4, 0.5) is 5.69 Å². The molecule has 1 fully saturated rings. The Hall–Kier alpha value is -2.27. The number of aryl methyl sites for hydroxylation is 1. The van der Waals surface area contributed by atoms with Crippen molar-refractivity contribution in [3.8, 4) is 0 Å². The van der Waals surface area contributed by atoms with Crippen molar-refractivity contribution in [2.45, 2.75) is 12.8 Å². The summed E-state index contributed by atoms with van der Waals surface area (Å²) in [4.78, 5) is 19.1. The van der Waals surface area contributed by atoms with Gasteiger partial charge in [0.15, 0.2) is 5.15 Å². The molecule has 0 spiro atoms. The van der Waals surface area contributed by atoms with Crippen LogP contribution in [0.1, 0.15) is 17.2 Å². The number of benzene rings is 1. The van der Waals surface area contributed by atoms with E-state index in [1.54, 1.807) is 12.4 Å². The van der Waals surface area contributed by atoms with Gasteiger partial charge in [-0.1, -0.05) is 29.8 Å². The number of likely N-dealkylation sites (tertiary alicyclic amines) is 1. The lowest BCUT2D eigenvalue weighted by Gasteiger charge is -2.39. The third kappa shape index (κ3) is 2.85. The number of halogens is 1. The lowest BCUT2D eigenvalue weighted by atomic mass is 9.97. The number of aliphatic imine (C=N–C) groups is 2. The number of para-hydroxylation sites is 1. The second-order valence-corrected chi connectivity index (χ2v) is 5.55. The van der Waals surface area contributed by atoms with E-state index in [2.05, 4.69) is 31.6 Å². The minimum atomic E-state index is 0.255. The van der Waals surface area contributed by atoms with Crippen molar-refractivity contribution < 1.29 is 0 Å². The SMILES string of the molecule is C=N/C(=N\c1ccccc1C)N1CC(c2nccnc2Cl)C1. The van der Waals surface area contributed by atoms with Crippen LogP contribution in [-0.2, 0) is 0 Å². The van der Waals surface area contributed by atoms with E-state index in [4.69, 9.17) is 11.6 Å². The van der Waals surface area contributed by atoms with E-state index >= 15 is 0 Å². The molecule has 1 aliphatic rings. The molecule has 22 heavy (non-hydrogen) atoms. The Balaban J connectivity index is 1.74. The first kappa shape index (κ1) is 14.7. The first-order chi connectivity index (χ1) is 10.7. The van der Waals surface area contributed by atoms with Crippen molar-refractivity contribution in [2.75, 3.05) is 13.1 Å². The predicted molar refractivity (Wildman–Crippen MR) is 89.2 cm³/mol. The molecule has 5 nitrogen and oxygen atoms in total. The Kier molecular flexibility index (Phi) is 4.15. The number of nitrogens with zero attached hydrogens (tertiary/aromatic N) is 5. The van der Waals surface area contributed by atoms with Crippen LogP contribution in [0.5, 0.6) is 0 Å². The molecule has 2 heterocycles. The summed E-state index contributed by atoms with van der Waals surface area (Å²) in [7, 11) is 0. The van der Waals surface area contributed by atoms with Crippen LogP contribution in [0.15, 0.2) is 46.6 Å². The van der Waals surface area contributed by atoms with Crippen molar-refractivity contribution in [1.82, 2.24) is 14.9 Å². The number of aromatic nitrogens is 2. The van der Waals surface area contributed by atoms with Gasteiger partial charge in [0.05, 0.1) is 11.4 Å². The van der Waals surface area contributed by atoms with Gasteiger partial charge in [-0.25, -0.2) is 15.0 Å². The standard InChI is InChI=1S/C16H16ClN5/c1-11-5-3-4-6-13(11)21-16(18-2)22-9-12(10-22)14-15(17)20-8-7-19-14/h3-8,12H,2,9-10H2,1H3/b21-16+. The first-order valence-corrected chi connectivity index (χ1v) is 7.39. The largest absolute Gasteiger partial charge is 0.339 e. The second-order valence-electron chi connectivity index (χ2n) is 5.19. The molecule has 3 rings (SSSR count). The van der Waals surface area contributed by atoms with Crippen molar-refractivity contribution in [3.63, 3.8) is 0 Å². The molecule has 1 aromatic carbocycles. The molecule has 6 heteroatoms. The molecule has 0 aliphatic carbocycles. The third-order valence-electron chi connectivity index (χ3n) is 3.71. The van der Waals surface area contributed by atoms with E-state index < -0.39 is 0 Å². The van der Waals surface area contributed by atoms with Crippen LogP contribution in [0.2, 0.25) is 5.15 Å². The summed E-state index contributed by atoms with van der Waals surface area (Å²) in [5.74, 6) is 0.885. The highest BCUT2D eigenvalue weighted by Gasteiger charge is 2.33. The number of rotatable bonds is 2. The highest BCUT2D eigenvalue weighted by Crippen LogP contribution is 2.30. The molecule has 0 amide bonds. The fraction of sp³-hybridized carbons (Fsp3) is 0.250. The van der Waals surface area contributed by atoms with E-state index in [1.807, 2.05) is 31.2 Å². The minimum Gasteiger partial charge on any atom is -0.339 e. The van der Waals surface area contributed by atoms with E-state index in [1.165, 1.54) is 0 Å². The summed E-state index contributed by atoms with van der Waals surface area (Å²) in [6.07, 6.45) is 3.26. The van der Waals surface area contributed by atoms with E-state index in [9.17, 15) is 0 Å². The molecule has 0 saturated carbocycles. The molecular weight excluding hydrogens is 298 g/mol. The molecule has 1 aliphatic heterocycles. The molecule has 112 valence electrons. The van der Waals surface area contributed by atoms with Crippen LogP contribution in [0, 0.1) is 6.92 Å². The van der Waals surface area contributed by atoms with E-state index in [0.29, 0.717) is 11.1 Å². The first-order valence-electron chi connectivity index (χ1n) is 7.01. The maximum atomic E-state index is 6.09. The molecule has 2 aromatic rings. The smallest absolute Gasteiger partial charge is 0.225 e. The molecule has 0 bridgehead atoms. The van der Waals surface area contributed by atoms with Gasteiger partial charge in [-0.3, -0.25) is 4.98 Å². The molecule has 0 radical (unpaired) electrons. The average Bonchev–Trinajstić information content (AvgIpc) is 2.48. The van der Waals surface area contributed by atoms with Gasteiger partial charge in [-0.05, 0) is 25.3 Å². The zero-order valence-corrected chi connectivity index (χ0v) is 13.0. The van der Waals surface area contributed by atoms with Gasteiger partial charge in [0.2, 0.25) is 5.96 Å². The van der Waals surface area contributed by atoms with Crippen LogP contribution < -0.4 is 0 Å². The third-order valence-corrected chi connectivity index (χ3v) is 4.00. The Labute approximate surface area is 134 Å². The topological polar surface area (TPSA) is 53.7 Å². The van der Waals surface area contributed by atoms with Gasteiger partial charge in [0, 0.05) is 31.4 Å². The Morgan fingerprint density at radius 3 is 2.68 bits per heavy atom. The van der Waals surface area contributed by atoms with Gasteiger partial charge >= 0.3 is 0 Å². The Bertz CT molecular complexity index is 722. The van der Waals surface area contributed by atoms with Crippen LogP contribution in [-0.4, -0.2) is 40.6 Å². The van der Waals surface area contributed by atoms with Gasteiger partial charge < -0.3 is 4.90 Å². The van der Waals surface area contributed by atoms with Crippen molar-refractivity contribution >= 4 is 30.0 Å². The fourth-order valence-corrected chi connectivity index (χ4v) is 2.68. The van der Waals surface area contributed by atoms with Crippen LogP contribution in [0.25, 0.3) is 0 Å². The van der Waals surface area contributed by atoms with Gasteiger partial charge in [0.25, 0.3) is 0 Å². The summed E-state index contributed by atoms with van der Waals surface area (Å²) in [5.41, 5.74) is 2.85. The normalized spacial score (nSPS) is 15.5. The number of guanidine groups is 1. The van der Waals surface area contributed by atoms with E-state index in [0.717, 1.165) is 30.0 Å². The summed E-state index contributed by atoms with van der Waals surface area (Å²) in [5, 5.41) is 0.469. The van der Waals surface area contributed by atoms with Gasteiger partial charge in [-0.2, -0.15) is 0 Å². The molecule has 1 aromatic heterocycles. The Morgan fingerprint density at radius 2 is 2.00 bits per heavy atom. The van der Waals surface area contributed by atoms with Crippen molar-refractivity contribution in [1.29, 1.82) is 0 Å². The maximum Gasteiger partial charge on any atom is 0.225 e. The summed E-state index contributed by atoms with van der Waals surface area (Å²) in [6.45, 7) is 7.19. The highest BCUT2D eigenvalue weighted by atomic mass is 35.5. The van der Waals surface area contributed by atoms with Crippen molar-refractivity contribution in [3.05, 3.63) is 53.1 Å². The highest BCUT2D eigenvalue weighted by molar-refractivity contribution is 6.30. The molecule has 0 N–H and O–H groups in total. The summed E-state index contributed by atoms with van der Waals surface area (Å²) in [6, 6.07) is 7.95. The zero-order chi connectivity index (χ0) is 15.5.